The molecule has 144 valence electrons. The first-order chi connectivity index (χ1) is 13.7. The number of nitriles is 1. The van der Waals surface area contributed by atoms with Gasteiger partial charge in [0.15, 0.2) is 5.58 Å². The third-order valence-electron chi connectivity index (χ3n) is 4.98. The number of methoxy groups -OCH3 is 1. The Bertz CT molecular complexity index is 1020. The summed E-state index contributed by atoms with van der Waals surface area (Å²) in [5.74, 6) is 2.53. The van der Waals surface area contributed by atoms with E-state index in [1.807, 2.05) is 24.3 Å². The van der Waals surface area contributed by atoms with Gasteiger partial charge in [0.25, 0.3) is 0 Å². The van der Waals surface area contributed by atoms with Gasteiger partial charge in [0, 0.05) is 29.6 Å². The van der Waals surface area contributed by atoms with Gasteiger partial charge in [0.1, 0.15) is 17.7 Å². The van der Waals surface area contributed by atoms with Gasteiger partial charge in [-0.1, -0.05) is 6.07 Å². The Balaban J connectivity index is 1.37. The molecule has 4 rings (SSSR count). The summed E-state index contributed by atoms with van der Waals surface area (Å²) in [4.78, 5) is 8.88. The molecule has 0 atom stereocenters. The molecular formula is C20H20BrN5O2. The average molecular weight is 442 g/mol. The highest BCUT2D eigenvalue weighted by Gasteiger charge is 2.23. The highest BCUT2D eigenvalue weighted by molar-refractivity contribution is 9.10. The van der Waals surface area contributed by atoms with Crippen LogP contribution in [0.4, 0.5) is 11.6 Å². The molecule has 1 saturated carbocycles. The van der Waals surface area contributed by atoms with E-state index in [9.17, 15) is 0 Å². The van der Waals surface area contributed by atoms with E-state index in [2.05, 4.69) is 36.5 Å². The van der Waals surface area contributed by atoms with Crippen molar-refractivity contribution in [3.8, 4) is 11.9 Å². The number of furan rings is 1. The van der Waals surface area contributed by atoms with Gasteiger partial charge >= 0.3 is 0 Å². The third kappa shape index (κ3) is 3.90. The summed E-state index contributed by atoms with van der Waals surface area (Å²) in [5, 5.41) is 16.9. The molecule has 1 aliphatic carbocycles. The average Bonchev–Trinajstić information content (AvgIpc) is 3.16. The molecule has 0 spiro atoms. The normalized spacial score (nSPS) is 19.2. The van der Waals surface area contributed by atoms with Crippen LogP contribution in [0.25, 0.3) is 11.0 Å². The lowest BCUT2D eigenvalue weighted by atomic mass is 9.91. The number of hydrogen-bond donors (Lipinski definition) is 2. The fourth-order valence-corrected chi connectivity index (χ4v) is 4.06. The lowest BCUT2D eigenvalue weighted by molar-refractivity contribution is 0.397. The smallest absolute Gasteiger partial charge is 0.214 e. The summed E-state index contributed by atoms with van der Waals surface area (Å²) in [6.45, 7) is 0. The first-order valence-corrected chi connectivity index (χ1v) is 9.98. The quantitative estimate of drug-likeness (QED) is 0.591. The van der Waals surface area contributed by atoms with Crippen molar-refractivity contribution in [2.45, 2.75) is 37.8 Å². The van der Waals surface area contributed by atoms with Gasteiger partial charge in [0.05, 0.1) is 17.8 Å². The van der Waals surface area contributed by atoms with Crippen LogP contribution < -0.4 is 15.4 Å². The predicted molar refractivity (Wildman–Crippen MR) is 111 cm³/mol. The Hall–Kier alpha value is -2.79. The van der Waals surface area contributed by atoms with Crippen molar-refractivity contribution in [2.24, 2.45) is 0 Å². The number of hydrogen-bond acceptors (Lipinski definition) is 7. The van der Waals surface area contributed by atoms with Crippen LogP contribution in [0.5, 0.6) is 5.88 Å². The summed E-state index contributed by atoms with van der Waals surface area (Å²) < 4.78 is 11.4. The predicted octanol–water partition coefficient (Wildman–Crippen LogP) is 4.70. The van der Waals surface area contributed by atoms with Crippen molar-refractivity contribution < 1.29 is 9.15 Å². The van der Waals surface area contributed by atoms with Gasteiger partial charge < -0.3 is 19.8 Å². The lowest BCUT2D eigenvalue weighted by Gasteiger charge is -2.30. The molecule has 0 radical (unpaired) electrons. The minimum absolute atomic E-state index is 0.285. The third-order valence-corrected chi connectivity index (χ3v) is 5.78. The van der Waals surface area contributed by atoms with Gasteiger partial charge in [-0.3, -0.25) is 0 Å². The number of ether oxygens (including phenoxy) is 1. The number of aromatic nitrogens is 2. The van der Waals surface area contributed by atoms with Gasteiger partial charge in [-0.15, -0.1) is 0 Å². The van der Waals surface area contributed by atoms with Crippen molar-refractivity contribution in [1.29, 1.82) is 5.26 Å². The van der Waals surface area contributed by atoms with Gasteiger partial charge in [-0.2, -0.15) is 10.2 Å². The van der Waals surface area contributed by atoms with Gasteiger partial charge in [-0.05, 0) is 47.7 Å². The highest BCUT2D eigenvalue weighted by Crippen LogP contribution is 2.33. The molecule has 28 heavy (non-hydrogen) atoms. The van der Waals surface area contributed by atoms with E-state index in [4.69, 9.17) is 14.4 Å². The number of fused-ring (bicyclic) bond motifs is 1. The number of anilines is 2. The topological polar surface area (TPSA) is 96.0 Å². The van der Waals surface area contributed by atoms with Crippen LogP contribution in [0.3, 0.4) is 0 Å². The zero-order chi connectivity index (χ0) is 19.5. The first-order valence-electron chi connectivity index (χ1n) is 9.18. The van der Waals surface area contributed by atoms with Crippen molar-refractivity contribution in [2.75, 3.05) is 17.7 Å². The molecular weight excluding hydrogens is 422 g/mol. The van der Waals surface area contributed by atoms with E-state index in [-0.39, 0.29) is 5.76 Å². The summed E-state index contributed by atoms with van der Waals surface area (Å²) in [6.07, 6.45) is 5.80. The van der Waals surface area contributed by atoms with Crippen LogP contribution in [0.1, 0.15) is 31.4 Å². The molecule has 7 nitrogen and oxygen atoms in total. The maximum atomic E-state index is 9.01. The summed E-state index contributed by atoms with van der Waals surface area (Å²) in [7, 11) is 1.62. The minimum Gasteiger partial charge on any atom is -0.481 e. The van der Waals surface area contributed by atoms with Crippen LogP contribution in [0.15, 0.2) is 39.4 Å². The fourth-order valence-electron chi connectivity index (χ4n) is 3.53. The van der Waals surface area contributed by atoms with Crippen LogP contribution in [-0.2, 0) is 0 Å². The highest BCUT2D eigenvalue weighted by atomic mass is 79.9. The standard InChI is InChI=1S/C20H20BrN5O2/c1-27-18-4-2-3-17(26-18)24-12-5-7-13(8-6-12)25-20-19(21)15-9-14(10-22)28-16(15)11-23-20/h2-4,9,11-13H,5-8H2,1H3,(H,23,25)(H,24,26). The molecule has 1 fully saturated rings. The molecule has 0 amide bonds. The van der Waals surface area contributed by atoms with Crippen LogP contribution in [0.2, 0.25) is 0 Å². The molecule has 8 heteroatoms. The van der Waals surface area contributed by atoms with E-state index < -0.39 is 0 Å². The second-order valence-corrected chi connectivity index (χ2v) is 7.62. The second-order valence-electron chi connectivity index (χ2n) is 6.82. The molecule has 2 N–H and O–H groups in total. The zero-order valence-electron chi connectivity index (χ0n) is 15.4. The molecule has 1 aliphatic rings. The number of halogens is 1. The zero-order valence-corrected chi connectivity index (χ0v) is 17.0. The molecule has 0 aromatic carbocycles. The van der Waals surface area contributed by atoms with E-state index in [0.29, 0.717) is 23.5 Å². The molecule has 0 unspecified atom stereocenters. The molecule has 3 aromatic rings. The number of pyridine rings is 2. The van der Waals surface area contributed by atoms with Crippen molar-refractivity contribution in [1.82, 2.24) is 9.97 Å². The molecule has 3 heterocycles. The van der Waals surface area contributed by atoms with Crippen LogP contribution in [0, 0.1) is 11.3 Å². The Kier molecular flexibility index (Phi) is 5.35. The minimum atomic E-state index is 0.285. The summed E-state index contributed by atoms with van der Waals surface area (Å²) in [5.41, 5.74) is 0.604. The van der Waals surface area contributed by atoms with Crippen molar-refractivity contribution in [3.05, 3.63) is 40.7 Å². The lowest BCUT2D eigenvalue weighted by Crippen LogP contribution is -2.32. The largest absolute Gasteiger partial charge is 0.481 e. The second kappa shape index (κ2) is 8.07. The molecule has 0 bridgehead atoms. The van der Waals surface area contributed by atoms with E-state index in [1.165, 1.54) is 0 Å². The van der Waals surface area contributed by atoms with E-state index in [1.54, 1.807) is 19.4 Å². The summed E-state index contributed by atoms with van der Waals surface area (Å²) in [6, 6.07) is 10.2. The fraction of sp³-hybridized carbons (Fsp3) is 0.350. The van der Waals surface area contributed by atoms with Gasteiger partial charge in [-0.25, -0.2) is 4.98 Å². The Morgan fingerprint density at radius 2 is 1.96 bits per heavy atom. The van der Waals surface area contributed by atoms with Crippen LogP contribution in [-0.4, -0.2) is 29.2 Å². The monoisotopic (exact) mass is 441 g/mol. The Labute approximate surface area is 171 Å². The molecule has 3 aromatic heterocycles. The van der Waals surface area contributed by atoms with E-state index >= 15 is 0 Å². The number of rotatable bonds is 5. The first kappa shape index (κ1) is 18.6. The van der Waals surface area contributed by atoms with Crippen LogP contribution >= 0.6 is 15.9 Å². The SMILES string of the molecule is COc1cccc(NC2CCC(Nc3ncc4oc(C#N)cc4c3Br)CC2)n1. The number of nitrogens with one attached hydrogen (secondary N) is 2. The molecule has 0 saturated heterocycles. The summed E-state index contributed by atoms with van der Waals surface area (Å²) >= 11 is 3.59. The van der Waals surface area contributed by atoms with Crippen molar-refractivity contribution in [3.63, 3.8) is 0 Å². The Morgan fingerprint density at radius 3 is 2.68 bits per heavy atom. The van der Waals surface area contributed by atoms with Crippen molar-refractivity contribution >= 4 is 38.5 Å². The van der Waals surface area contributed by atoms with Gasteiger partial charge in [0.2, 0.25) is 11.6 Å². The maximum absolute atomic E-state index is 9.01. The van der Waals surface area contributed by atoms with E-state index in [0.717, 1.165) is 47.2 Å². The maximum Gasteiger partial charge on any atom is 0.214 e. The molecule has 0 aliphatic heterocycles. The number of nitrogens with zero attached hydrogens (tertiary/aromatic N) is 3. The Morgan fingerprint density at radius 1 is 1.21 bits per heavy atom.